The molecule has 0 fully saturated rings. The molecule has 1 unspecified atom stereocenters. The number of hydrogen-bond acceptors (Lipinski definition) is 2. The van der Waals surface area contributed by atoms with Crippen molar-refractivity contribution in [2.45, 2.75) is 71.4 Å². The Kier molecular flexibility index (Phi) is 5.49. The molecule has 1 amide bonds. The fraction of sp³-hybridized carbons (Fsp3) is 0.632. The molecule has 0 aromatic heterocycles. The highest BCUT2D eigenvalue weighted by Crippen LogP contribution is 2.36. The average molecular weight is 303 g/mol. The van der Waals surface area contributed by atoms with E-state index in [1.165, 1.54) is 11.1 Å². The van der Waals surface area contributed by atoms with Gasteiger partial charge < -0.3 is 9.64 Å². The molecule has 1 aromatic carbocycles. The smallest absolute Gasteiger partial charge is 0.410 e. The van der Waals surface area contributed by atoms with Gasteiger partial charge in [0.2, 0.25) is 0 Å². The maximum absolute atomic E-state index is 12.7. The summed E-state index contributed by atoms with van der Waals surface area (Å²) < 4.78 is 5.64. The number of amides is 1. The topological polar surface area (TPSA) is 29.5 Å². The third-order valence-corrected chi connectivity index (χ3v) is 4.11. The molecule has 0 bridgehead atoms. The predicted octanol–water partition coefficient (Wildman–Crippen LogP) is 5.10. The monoisotopic (exact) mass is 303 g/mol. The van der Waals surface area contributed by atoms with Gasteiger partial charge in [0.05, 0.1) is 6.04 Å². The average Bonchev–Trinajstić information content (AvgIpc) is 2.85. The molecule has 3 heteroatoms. The minimum atomic E-state index is -0.446. The number of unbranched alkanes of at least 4 members (excludes halogenated alkanes) is 2. The van der Waals surface area contributed by atoms with E-state index in [1.807, 2.05) is 25.7 Å². The van der Waals surface area contributed by atoms with Gasteiger partial charge in [0.15, 0.2) is 0 Å². The normalized spacial score (nSPS) is 17.2. The van der Waals surface area contributed by atoms with Crippen LogP contribution < -0.4 is 0 Å². The van der Waals surface area contributed by atoms with E-state index < -0.39 is 5.60 Å². The maximum atomic E-state index is 12.7. The summed E-state index contributed by atoms with van der Waals surface area (Å²) in [5, 5.41) is 0. The molecule has 0 aliphatic heterocycles. The summed E-state index contributed by atoms with van der Waals surface area (Å²) in [6.45, 7) is 8.75. The lowest BCUT2D eigenvalue weighted by atomic mass is 10.1. The van der Waals surface area contributed by atoms with Gasteiger partial charge in [-0.25, -0.2) is 4.79 Å². The van der Waals surface area contributed by atoms with Crippen molar-refractivity contribution in [3.05, 3.63) is 35.4 Å². The van der Waals surface area contributed by atoms with Crippen molar-refractivity contribution >= 4 is 6.09 Å². The van der Waals surface area contributed by atoms with Gasteiger partial charge in [0.25, 0.3) is 0 Å². The molecular weight excluding hydrogens is 274 g/mol. The molecule has 0 heterocycles. The number of hydrogen-bond donors (Lipinski definition) is 0. The predicted molar refractivity (Wildman–Crippen MR) is 90.0 cm³/mol. The van der Waals surface area contributed by atoms with Crippen molar-refractivity contribution < 1.29 is 9.53 Å². The Morgan fingerprint density at radius 2 is 2.00 bits per heavy atom. The molecule has 0 spiro atoms. The van der Waals surface area contributed by atoms with Crippen molar-refractivity contribution in [3.8, 4) is 0 Å². The number of carbonyl (C=O) groups is 1. The first kappa shape index (κ1) is 16.9. The number of nitrogens with zero attached hydrogens (tertiary/aromatic N) is 1. The van der Waals surface area contributed by atoms with Gasteiger partial charge >= 0.3 is 6.09 Å². The second kappa shape index (κ2) is 7.17. The third-order valence-electron chi connectivity index (χ3n) is 4.11. The Bertz CT molecular complexity index is 504. The molecule has 2 rings (SSSR count). The summed E-state index contributed by atoms with van der Waals surface area (Å²) in [4.78, 5) is 14.6. The van der Waals surface area contributed by atoms with Crippen molar-refractivity contribution in [2.75, 3.05) is 6.54 Å². The van der Waals surface area contributed by atoms with Gasteiger partial charge in [0.1, 0.15) is 5.60 Å². The number of benzene rings is 1. The highest BCUT2D eigenvalue weighted by Gasteiger charge is 2.33. The molecule has 0 N–H and O–H groups in total. The fourth-order valence-electron chi connectivity index (χ4n) is 3.09. The third kappa shape index (κ3) is 4.25. The molecule has 122 valence electrons. The summed E-state index contributed by atoms with van der Waals surface area (Å²) in [6, 6.07) is 8.65. The van der Waals surface area contributed by atoms with Gasteiger partial charge in [-0.15, -0.1) is 0 Å². The molecule has 0 saturated carbocycles. The number of fused-ring (bicyclic) bond motifs is 1. The van der Waals surface area contributed by atoms with Gasteiger partial charge in [-0.1, -0.05) is 44.0 Å². The lowest BCUT2D eigenvalue weighted by molar-refractivity contribution is 0.0154. The molecule has 1 aliphatic carbocycles. The molecule has 0 radical (unpaired) electrons. The van der Waals surface area contributed by atoms with E-state index in [1.54, 1.807) is 0 Å². The largest absolute Gasteiger partial charge is 0.444 e. The van der Waals surface area contributed by atoms with Crippen LogP contribution in [0.1, 0.15) is 70.5 Å². The van der Waals surface area contributed by atoms with Crippen LogP contribution in [0.4, 0.5) is 4.79 Å². The van der Waals surface area contributed by atoms with E-state index in [0.29, 0.717) is 0 Å². The van der Waals surface area contributed by atoms with Crippen molar-refractivity contribution in [3.63, 3.8) is 0 Å². The zero-order valence-electron chi connectivity index (χ0n) is 14.4. The Balaban J connectivity index is 2.16. The van der Waals surface area contributed by atoms with E-state index in [2.05, 4.69) is 31.2 Å². The highest BCUT2D eigenvalue weighted by molar-refractivity contribution is 5.69. The van der Waals surface area contributed by atoms with E-state index >= 15 is 0 Å². The minimum Gasteiger partial charge on any atom is -0.444 e. The first-order valence-corrected chi connectivity index (χ1v) is 8.50. The van der Waals surface area contributed by atoms with Crippen LogP contribution in [0.2, 0.25) is 0 Å². The van der Waals surface area contributed by atoms with Gasteiger partial charge in [-0.05, 0) is 51.2 Å². The first-order chi connectivity index (χ1) is 10.4. The number of carbonyl (C=O) groups excluding carboxylic acids is 1. The van der Waals surface area contributed by atoms with Gasteiger partial charge in [0, 0.05) is 6.54 Å². The van der Waals surface area contributed by atoms with Crippen LogP contribution in [-0.4, -0.2) is 23.1 Å². The summed E-state index contributed by atoms with van der Waals surface area (Å²) in [6.07, 6.45) is 5.22. The lowest BCUT2D eigenvalue weighted by Gasteiger charge is -2.32. The van der Waals surface area contributed by atoms with E-state index in [-0.39, 0.29) is 12.1 Å². The molecule has 3 nitrogen and oxygen atoms in total. The van der Waals surface area contributed by atoms with Crippen molar-refractivity contribution in [1.82, 2.24) is 4.90 Å². The van der Waals surface area contributed by atoms with Crippen molar-refractivity contribution in [1.29, 1.82) is 0 Å². The fourth-order valence-corrected chi connectivity index (χ4v) is 3.09. The van der Waals surface area contributed by atoms with Gasteiger partial charge in [-0.2, -0.15) is 0 Å². The molecule has 0 saturated heterocycles. The minimum absolute atomic E-state index is 0.169. The van der Waals surface area contributed by atoms with Crippen molar-refractivity contribution in [2.24, 2.45) is 0 Å². The summed E-state index contributed by atoms with van der Waals surface area (Å²) in [5.74, 6) is 0. The molecular formula is C19H29NO2. The highest BCUT2D eigenvalue weighted by atomic mass is 16.6. The lowest BCUT2D eigenvalue weighted by Crippen LogP contribution is -2.39. The Hall–Kier alpha value is -1.51. The number of ether oxygens (including phenoxy) is 1. The standard InChI is InChI=1S/C19H29NO2/c1-5-6-9-14-20(18(21)22-19(2,3)4)17-13-12-15-10-7-8-11-16(15)17/h7-8,10-11,17H,5-6,9,12-14H2,1-4H3. The second-order valence-corrected chi connectivity index (χ2v) is 7.13. The number of rotatable bonds is 5. The Labute approximate surface area is 134 Å². The summed E-state index contributed by atoms with van der Waals surface area (Å²) in [5.41, 5.74) is 2.22. The van der Waals surface area contributed by atoms with Crippen LogP contribution in [0, 0.1) is 0 Å². The van der Waals surface area contributed by atoms with E-state index in [9.17, 15) is 4.79 Å². The van der Waals surface area contributed by atoms with Crippen LogP contribution in [-0.2, 0) is 11.2 Å². The van der Waals surface area contributed by atoms with Crippen LogP contribution in [0.25, 0.3) is 0 Å². The molecule has 1 atom stereocenters. The molecule has 1 aliphatic rings. The molecule has 22 heavy (non-hydrogen) atoms. The Morgan fingerprint density at radius 1 is 1.27 bits per heavy atom. The summed E-state index contributed by atoms with van der Waals surface area (Å²) >= 11 is 0. The van der Waals surface area contributed by atoms with E-state index in [4.69, 9.17) is 4.74 Å². The van der Waals surface area contributed by atoms with Crippen LogP contribution >= 0.6 is 0 Å². The molecule has 1 aromatic rings. The quantitative estimate of drug-likeness (QED) is 0.708. The Morgan fingerprint density at radius 3 is 2.68 bits per heavy atom. The van der Waals surface area contributed by atoms with E-state index in [0.717, 1.165) is 38.6 Å². The van der Waals surface area contributed by atoms with Gasteiger partial charge in [-0.3, -0.25) is 0 Å². The van der Waals surface area contributed by atoms with Crippen LogP contribution in [0.5, 0.6) is 0 Å². The summed E-state index contributed by atoms with van der Waals surface area (Å²) in [7, 11) is 0. The first-order valence-electron chi connectivity index (χ1n) is 8.50. The zero-order chi connectivity index (χ0) is 16.2. The maximum Gasteiger partial charge on any atom is 0.410 e. The van der Waals surface area contributed by atoms with Crippen LogP contribution in [0.3, 0.4) is 0 Å². The van der Waals surface area contributed by atoms with Crippen LogP contribution in [0.15, 0.2) is 24.3 Å². The zero-order valence-corrected chi connectivity index (χ0v) is 14.4. The second-order valence-electron chi connectivity index (χ2n) is 7.13. The number of aryl methyl sites for hydroxylation is 1. The SMILES string of the molecule is CCCCCN(C(=O)OC(C)(C)C)C1CCc2ccccc21.